The van der Waals surface area contributed by atoms with Crippen LogP contribution in [-0.2, 0) is 13.0 Å². The first kappa shape index (κ1) is 23.9. The maximum Gasteiger partial charge on any atom is 0.253 e. The van der Waals surface area contributed by atoms with Crippen LogP contribution in [0.1, 0.15) is 27.7 Å². The van der Waals surface area contributed by atoms with Crippen LogP contribution in [0.4, 0.5) is 0 Å². The molecule has 0 unspecified atom stereocenters. The van der Waals surface area contributed by atoms with Gasteiger partial charge in [0, 0.05) is 37.6 Å². The normalized spacial score (nSPS) is 10.9. The smallest absolute Gasteiger partial charge is 0.253 e. The zero-order valence-corrected chi connectivity index (χ0v) is 20.5. The lowest BCUT2D eigenvalue weighted by Gasteiger charge is -2.13. The fraction of sp³-hybridized carbons (Fsp3) is 0.368. The highest BCUT2D eigenvalue weighted by Crippen LogP contribution is 2.22. The zero-order valence-electron chi connectivity index (χ0n) is 15.8. The Morgan fingerprint density at radius 1 is 1.22 bits per heavy atom. The zero-order chi connectivity index (χ0) is 18.9. The fourth-order valence-corrected chi connectivity index (χ4v) is 3.79. The predicted molar refractivity (Wildman–Crippen MR) is 128 cm³/mol. The summed E-state index contributed by atoms with van der Waals surface area (Å²) in [6, 6.07) is 11.9. The number of thiophene rings is 1. The van der Waals surface area contributed by atoms with E-state index in [4.69, 9.17) is 0 Å². The van der Waals surface area contributed by atoms with Gasteiger partial charge < -0.3 is 15.5 Å². The summed E-state index contributed by atoms with van der Waals surface area (Å²) >= 11 is 5.17. The predicted octanol–water partition coefficient (Wildman–Crippen LogP) is 4.13. The summed E-state index contributed by atoms with van der Waals surface area (Å²) < 4.78 is 1.12. The van der Waals surface area contributed by atoms with Crippen molar-refractivity contribution in [3.05, 3.63) is 56.2 Å². The number of nitrogens with zero attached hydrogens (tertiary/aromatic N) is 2. The topological polar surface area (TPSA) is 56.7 Å². The highest BCUT2D eigenvalue weighted by atomic mass is 127. The van der Waals surface area contributed by atoms with Crippen LogP contribution in [0.25, 0.3) is 0 Å². The Morgan fingerprint density at radius 3 is 2.63 bits per heavy atom. The van der Waals surface area contributed by atoms with Crippen molar-refractivity contribution in [2.75, 3.05) is 27.2 Å². The van der Waals surface area contributed by atoms with Crippen LogP contribution in [0.2, 0.25) is 0 Å². The molecule has 0 fully saturated rings. The average Bonchev–Trinajstić information content (AvgIpc) is 3.04. The third-order valence-electron chi connectivity index (χ3n) is 3.65. The summed E-state index contributed by atoms with van der Waals surface area (Å²) in [6.07, 6.45) is 0.823. The van der Waals surface area contributed by atoms with E-state index in [1.807, 2.05) is 30.3 Å². The number of amides is 1. The lowest BCUT2D eigenvalue weighted by Crippen LogP contribution is -2.38. The molecular weight excluding hydrogens is 539 g/mol. The Balaban J connectivity index is 0.00000364. The van der Waals surface area contributed by atoms with Crippen LogP contribution in [0.3, 0.4) is 0 Å². The summed E-state index contributed by atoms with van der Waals surface area (Å²) in [7, 11) is 3.53. The number of carbonyl (C=O) groups is 1. The van der Waals surface area contributed by atoms with Gasteiger partial charge >= 0.3 is 0 Å². The molecule has 1 aromatic carbocycles. The number of hydrogen-bond donors (Lipinski definition) is 2. The van der Waals surface area contributed by atoms with Gasteiger partial charge in [-0.05, 0) is 59.1 Å². The Labute approximate surface area is 190 Å². The van der Waals surface area contributed by atoms with Crippen LogP contribution >= 0.6 is 51.2 Å². The number of benzene rings is 1. The van der Waals surface area contributed by atoms with E-state index in [2.05, 4.69) is 44.5 Å². The molecule has 1 aromatic heterocycles. The molecule has 0 saturated carbocycles. The second-order valence-corrected chi connectivity index (χ2v) is 8.53. The molecule has 148 valence electrons. The van der Waals surface area contributed by atoms with E-state index < -0.39 is 0 Å². The van der Waals surface area contributed by atoms with E-state index in [1.54, 1.807) is 30.3 Å². The second-order valence-electron chi connectivity index (χ2n) is 5.98. The van der Waals surface area contributed by atoms with Crippen LogP contribution in [0, 0.1) is 0 Å². The van der Waals surface area contributed by atoms with E-state index >= 15 is 0 Å². The molecule has 2 rings (SSSR count). The molecule has 2 N–H and O–H groups in total. The van der Waals surface area contributed by atoms with Gasteiger partial charge in [-0.2, -0.15) is 0 Å². The second kappa shape index (κ2) is 12.4. The van der Waals surface area contributed by atoms with E-state index in [0.29, 0.717) is 6.54 Å². The maximum atomic E-state index is 12.1. The van der Waals surface area contributed by atoms with Crippen LogP contribution in [0.15, 0.2) is 45.2 Å². The third kappa shape index (κ3) is 8.18. The van der Waals surface area contributed by atoms with Crippen LogP contribution < -0.4 is 10.6 Å². The molecule has 0 radical (unpaired) electrons. The summed E-state index contributed by atoms with van der Waals surface area (Å²) in [6.45, 7) is 4.26. The van der Waals surface area contributed by atoms with E-state index in [1.165, 1.54) is 4.88 Å². The minimum atomic E-state index is 0. The molecule has 0 bridgehead atoms. The molecule has 1 amide bonds. The van der Waals surface area contributed by atoms with Crippen molar-refractivity contribution in [2.24, 2.45) is 4.99 Å². The molecule has 2 aromatic rings. The van der Waals surface area contributed by atoms with E-state index in [-0.39, 0.29) is 29.9 Å². The number of halogens is 2. The monoisotopic (exact) mass is 564 g/mol. The Bertz CT molecular complexity index is 764. The van der Waals surface area contributed by atoms with Crippen molar-refractivity contribution in [1.82, 2.24) is 15.5 Å². The molecule has 0 aliphatic rings. The molecule has 0 spiro atoms. The first-order valence-corrected chi connectivity index (χ1v) is 10.2. The maximum absolute atomic E-state index is 12.1. The van der Waals surface area contributed by atoms with Gasteiger partial charge in [0.25, 0.3) is 5.91 Å². The summed E-state index contributed by atoms with van der Waals surface area (Å²) in [5.41, 5.74) is 1.85. The van der Waals surface area contributed by atoms with Crippen molar-refractivity contribution >= 4 is 63.1 Å². The third-order valence-corrected chi connectivity index (χ3v) is 5.26. The number of aliphatic imine (C=N–C) groups is 1. The largest absolute Gasteiger partial charge is 0.357 e. The van der Waals surface area contributed by atoms with Crippen LogP contribution in [0.5, 0.6) is 0 Å². The van der Waals surface area contributed by atoms with Gasteiger partial charge in [0.2, 0.25) is 0 Å². The van der Waals surface area contributed by atoms with Crippen molar-refractivity contribution in [3.8, 4) is 0 Å². The quantitative estimate of drug-likeness (QED) is 0.302. The SMILES string of the molecule is CCNC(=NCc1ccc(Br)s1)NCCc1cccc(C(=O)N(C)C)c1.I. The fourth-order valence-electron chi connectivity index (χ4n) is 2.38. The Morgan fingerprint density at radius 2 is 2.00 bits per heavy atom. The number of rotatable bonds is 7. The first-order chi connectivity index (χ1) is 12.5. The highest BCUT2D eigenvalue weighted by Gasteiger charge is 2.08. The Hall–Kier alpha value is -1.13. The molecule has 27 heavy (non-hydrogen) atoms. The lowest BCUT2D eigenvalue weighted by atomic mass is 10.1. The minimum Gasteiger partial charge on any atom is -0.357 e. The molecule has 0 saturated heterocycles. The molecule has 5 nitrogen and oxygen atoms in total. The van der Waals surface area contributed by atoms with Crippen molar-refractivity contribution in [3.63, 3.8) is 0 Å². The standard InChI is InChI=1S/C19H25BrN4OS.HI/c1-4-21-19(23-13-16-8-9-17(20)26-16)22-11-10-14-6-5-7-15(12-14)18(25)24(2)3;/h5-9,12H,4,10-11,13H2,1-3H3,(H2,21,22,23);1H. The molecular formula is C19H26BrIN4OS. The van der Waals surface area contributed by atoms with Gasteiger partial charge in [-0.25, -0.2) is 4.99 Å². The van der Waals surface area contributed by atoms with Crippen molar-refractivity contribution < 1.29 is 4.79 Å². The first-order valence-electron chi connectivity index (χ1n) is 8.56. The summed E-state index contributed by atoms with van der Waals surface area (Å²) in [5.74, 6) is 0.828. The Kier molecular flexibility index (Phi) is 10.9. The minimum absolute atomic E-state index is 0. The van der Waals surface area contributed by atoms with E-state index in [0.717, 1.165) is 40.4 Å². The summed E-state index contributed by atoms with van der Waals surface area (Å²) in [4.78, 5) is 19.5. The number of guanidine groups is 1. The number of nitrogens with one attached hydrogen (secondary N) is 2. The molecule has 0 atom stereocenters. The van der Waals surface area contributed by atoms with Gasteiger partial charge in [-0.15, -0.1) is 35.3 Å². The van der Waals surface area contributed by atoms with Crippen molar-refractivity contribution in [1.29, 1.82) is 0 Å². The molecule has 0 aliphatic heterocycles. The van der Waals surface area contributed by atoms with Gasteiger partial charge in [-0.1, -0.05) is 12.1 Å². The van der Waals surface area contributed by atoms with Gasteiger partial charge in [0.05, 0.1) is 10.3 Å². The van der Waals surface area contributed by atoms with E-state index in [9.17, 15) is 4.79 Å². The van der Waals surface area contributed by atoms with Gasteiger partial charge in [0.15, 0.2) is 5.96 Å². The number of carbonyl (C=O) groups excluding carboxylic acids is 1. The number of hydrogen-bond acceptors (Lipinski definition) is 3. The van der Waals surface area contributed by atoms with Crippen LogP contribution in [-0.4, -0.2) is 44.0 Å². The molecule has 8 heteroatoms. The van der Waals surface area contributed by atoms with Gasteiger partial charge in [-0.3, -0.25) is 4.79 Å². The van der Waals surface area contributed by atoms with Gasteiger partial charge in [0.1, 0.15) is 0 Å². The highest BCUT2D eigenvalue weighted by molar-refractivity contribution is 14.0. The summed E-state index contributed by atoms with van der Waals surface area (Å²) in [5, 5.41) is 6.62. The van der Waals surface area contributed by atoms with Crippen molar-refractivity contribution in [2.45, 2.75) is 19.9 Å². The lowest BCUT2D eigenvalue weighted by molar-refractivity contribution is 0.0827. The molecule has 0 aliphatic carbocycles. The average molecular weight is 565 g/mol. The molecule has 1 heterocycles.